The van der Waals surface area contributed by atoms with E-state index in [1.54, 1.807) is 0 Å². The normalized spacial score (nSPS) is 17.8. The average molecular weight is 830 g/mol. The fourth-order valence-corrected chi connectivity index (χ4v) is 8.82. The van der Waals surface area contributed by atoms with Gasteiger partial charge in [-0.1, -0.05) is 12.1 Å². The molecule has 0 radical (unpaired) electrons. The van der Waals surface area contributed by atoms with Gasteiger partial charge in [0.1, 0.15) is 17.7 Å². The highest BCUT2D eigenvalue weighted by molar-refractivity contribution is 6.11. The minimum Gasteiger partial charge on any atom is -0.384 e. The number of carbonyl (C=O) groups is 3. The molecule has 5 heterocycles. The Morgan fingerprint density at radius 1 is 0.852 bits per heavy atom. The number of H-pyrrole nitrogens is 1. The molecule has 5 N–H and O–H groups in total. The van der Waals surface area contributed by atoms with Gasteiger partial charge in [-0.05, 0) is 110 Å². The number of anilines is 4. The summed E-state index contributed by atoms with van der Waals surface area (Å²) >= 11 is 0. The minimum atomic E-state index is -0.625. The average Bonchev–Trinajstić information content (AvgIpc) is 3.87. The lowest BCUT2D eigenvalue weighted by Crippen LogP contribution is -2.46. The van der Waals surface area contributed by atoms with Crippen LogP contribution in [0.25, 0.3) is 21.8 Å². The van der Waals surface area contributed by atoms with E-state index in [1.165, 1.54) is 12.1 Å². The second-order valence-corrected chi connectivity index (χ2v) is 16.2. The van der Waals surface area contributed by atoms with Crippen molar-refractivity contribution in [1.82, 2.24) is 25.0 Å². The molecular formula is C46H49F2N9O4. The van der Waals surface area contributed by atoms with Gasteiger partial charge >= 0.3 is 0 Å². The quantitative estimate of drug-likeness (QED) is 0.0624. The summed E-state index contributed by atoms with van der Waals surface area (Å²) in [5, 5.41) is 21.9. The SMILES string of the molecule is O=C1CCC(n2ccc3c(NCCCN4CCN(c5ccc(C(=O)Nc6n[nH]c7ccc(Cc8cc(F)cc(F)c8)cc67)c(NC6CCOCC6)c5)CC4)cccc32)C(=O)N1. The monoisotopic (exact) mass is 829 g/mol. The van der Waals surface area contributed by atoms with Gasteiger partial charge in [-0.25, -0.2) is 8.78 Å². The maximum absolute atomic E-state index is 14.0. The van der Waals surface area contributed by atoms with E-state index >= 15 is 0 Å². The van der Waals surface area contributed by atoms with Gasteiger partial charge in [0.2, 0.25) is 11.8 Å². The first-order chi connectivity index (χ1) is 29.7. The van der Waals surface area contributed by atoms with Crippen molar-refractivity contribution in [3.63, 3.8) is 0 Å². The van der Waals surface area contributed by atoms with Crippen LogP contribution in [-0.4, -0.2) is 95.9 Å². The van der Waals surface area contributed by atoms with Crippen molar-refractivity contribution in [1.29, 1.82) is 0 Å². The summed E-state index contributed by atoms with van der Waals surface area (Å²) in [5.41, 5.74) is 6.37. The van der Waals surface area contributed by atoms with Gasteiger partial charge in [-0.15, -0.1) is 0 Å². The van der Waals surface area contributed by atoms with Crippen LogP contribution < -0.4 is 26.2 Å². The number of rotatable bonds is 13. The van der Waals surface area contributed by atoms with E-state index in [0.29, 0.717) is 54.8 Å². The third-order valence-corrected chi connectivity index (χ3v) is 12.0. The summed E-state index contributed by atoms with van der Waals surface area (Å²) in [6, 6.07) is 22.9. The Kier molecular flexibility index (Phi) is 11.7. The molecule has 15 heteroatoms. The first kappa shape index (κ1) is 40.1. The summed E-state index contributed by atoms with van der Waals surface area (Å²) in [6.45, 7) is 6.62. The summed E-state index contributed by atoms with van der Waals surface area (Å²) in [5.74, 6) is -1.64. The Hall–Kier alpha value is -6.32. The number of benzene rings is 4. The van der Waals surface area contributed by atoms with Crippen LogP contribution in [0.1, 0.15) is 59.6 Å². The number of fused-ring (bicyclic) bond motifs is 2. The molecule has 3 aliphatic heterocycles. The number of piperidine rings is 1. The number of aromatic amines is 1. The molecule has 0 spiro atoms. The first-order valence-corrected chi connectivity index (χ1v) is 21.1. The van der Waals surface area contributed by atoms with Gasteiger partial charge in [0.25, 0.3) is 5.91 Å². The number of hydrogen-bond acceptors (Lipinski definition) is 9. The molecule has 3 fully saturated rings. The predicted octanol–water partition coefficient (Wildman–Crippen LogP) is 6.83. The molecule has 3 aliphatic rings. The number of aromatic nitrogens is 3. The van der Waals surface area contributed by atoms with Crippen molar-refractivity contribution >= 4 is 62.4 Å². The molecule has 1 atom stereocenters. The molecule has 1 unspecified atom stereocenters. The van der Waals surface area contributed by atoms with Crippen LogP contribution in [0.3, 0.4) is 0 Å². The molecule has 3 saturated heterocycles. The number of amides is 3. The molecule has 13 nitrogen and oxygen atoms in total. The molecule has 0 aliphatic carbocycles. The zero-order valence-corrected chi connectivity index (χ0v) is 33.8. The maximum Gasteiger partial charge on any atom is 0.258 e. The number of ether oxygens (including phenoxy) is 1. The van der Waals surface area contributed by atoms with Gasteiger partial charge in [-0.3, -0.25) is 29.7 Å². The van der Waals surface area contributed by atoms with Crippen LogP contribution in [-0.2, 0) is 20.7 Å². The second kappa shape index (κ2) is 17.7. The number of piperazine rings is 1. The van der Waals surface area contributed by atoms with Crippen molar-refractivity contribution in [2.75, 3.05) is 73.3 Å². The van der Waals surface area contributed by atoms with Crippen LogP contribution in [0.5, 0.6) is 0 Å². The summed E-state index contributed by atoms with van der Waals surface area (Å²) in [6.07, 6.45) is 5.73. The number of imide groups is 1. The van der Waals surface area contributed by atoms with Crippen molar-refractivity contribution < 1.29 is 27.9 Å². The van der Waals surface area contributed by atoms with E-state index in [1.807, 2.05) is 59.3 Å². The predicted molar refractivity (Wildman–Crippen MR) is 232 cm³/mol. The van der Waals surface area contributed by atoms with Crippen molar-refractivity contribution in [3.05, 3.63) is 113 Å². The highest BCUT2D eigenvalue weighted by Crippen LogP contribution is 2.32. The van der Waals surface area contributed by atoms with Crippen LogP contribution in [0.15, 0.2) is 85.1 Å². The van der Waals surface area contributed by atoms with Crippen LogP contribution in [0.4, 0.5) is 31.7 Å². The summed E-state index contributed by atoms with van der Waals surface area (Å²) < 4.78 is 35.3. The van der Waals surface area contributed by atoms with Gasteiger partial charge in [-0.2, -0.15) is 5.10 Å². The van der Waals surface area contributed by atoms with Gasteiger partial charge in [0.15, 0.2) is 5.82 Å². The van der Waals surface area contributed by atoms with Gasteiger partial charge in [0, 0.05) is 98.5 Å². The largest absolute Gasteiger partial charge is 0.384 e. The third kappa shape index (κ3) is 9.08. The van der Waals surface area contributed by atoms with Crippen molar-refractivity contribution in [2.45, 2.75) is 50.6 Å². The maximum atomic E-state index is 14.0. The molecule has 0 bridgehead atoms. The number of nitrogens with zero attached hydrogens (tertiary/aromatic N) is 4. The van der Waals surface area contributed by atoms with E-state index in [-0.39, 0.29) is 23.8 Å². The molecule has 9 rings (SSSR count). The van der Waals surface area contributed by atoms with Gasteiger partial charge in [0.05, 0.1) is 16.6 Å². The van der Waals surface area contributed by atoms with E-state index in [0.717, 1.165) is 104 Å². The van der Waals surface area contributed by atoms with Crippen molar-refractivity contribution in [2.24, 2.45) is 0 Å². The Bertz CT molecular complexity index is 2560. The lowest BCUT2D eigenvalue weighted by Gasteiger charge is -2.36. The number of halogens is 2. The van der Waals surface area contributed by atoms with E-state index in [9.17, 15) is 23.2 Å². The standard InChI is InChI=1S/C46H49F2N9O4/c47-31-24-30(25-32(48)27-31)23-29-5-8-39-37(26-29)44(54-53-39)52-45(59)36-7-6-34(28-40(36)50-33-12-21-61-22-13-33)56-19-17-55(18-20-56)15-2-14-49-38-3-1-4-41-35(38)11-16-57(41)42-9-10-43(58)51-46(42)60/h1,3-8,11,16,24-28,33,42,49-50H,2,9-10,12-15,17-23H2,(H,51,58,60)(H2,52,53,54,59). The van der Waals surface area contributed by atoms with Crippen LogP contribution >= 0.6 is 0 Å². The minimum absolute atomic E-state index is 0.166. The molecule has 61 heavy (non-hydrogen) atoms. The Labute approximate surface area is 351 Å². The zero-order chi connectivity index (χ0) is 41.9. The molecule has 4 aromatic carbocycles. The molecule has 316 valence electrons. The molecule has 3 amide bonds. The van der Waals surface area contributed by atoms with Crippen molar-refractivity contribution in [3.8, 4) is 0 Å². The highest BCUT2D eigenvalue weighted by Gasteiger charge is 2.29. The smallest absolute Gasteiger partial charge is 0.258 e. The van der Waals surface area contributed by atoms with E-state index in [2.05, 4.69) is 53.4 Å². The summed E-state index contributed by atoms with van der Waals surface area (Å²) in [4.78, 5) is 43.1. The fraction of sp³-hybridized carbons (Fsp3) is 0.348. The number of nitrogens with one attached hydrogen (secondary N) is 5. The Balaban J connectivity index is 0.822. The van der Waals surface area contributed by atoms with Crippen LogP contribution in [0, 0.1) is 11.6 Å². The third-order valence-electron chi connectivity index (χ3n) is 12.0. The molecular weight excluding hydrogens is 781 g/mol. The number of hydrogen-bond donors (Lipinski definition) is 5. The first-order valence-electron chi connectivity index (χ1n) is 21.1. The molecule has 2 aromatic heterocycles. The highest BCUT2D eigenvalue weighted by atomic mass is 19.1. The summed E-state index contributed by atoms with van der Waals surface area (Å²) in [7, 11) is 0. The lowest BCUT2D eigenvalue weighted by atomic mass is 10.0. The molecule has 6 aromatic rings. The van der Waals surface area contributed by atoms with E-state index in [4.69, 9.17) is 4.74 Å². The number of carbonyl (C=O) groups excluding carboxylic acids is 3. The second-order valence-electron chi connectivity index (χ2n) is 16.2. The Morgan fingerprint density at radius 3 is 2.48 bits per heavy atom. The lowest BCUT2D eigenvalue weighted by molar-refractivity contribution is -0.135. The fourth-order valence-electron chi connectivity index (χ4n) is 8.82. The molecule has 0 saturated carbocycles. The zero-order valence-electron chi connectivity index (χ0n) is 33.8. The Morgan fingerprint density at radius 2 is 1.67 bits per heavy atom. The van der Waals surface area contributed by atoms with E-state index < -0.39 is 17.7 Å². The van der Waals surface area contributed by atoms with Gasteiger partial charge < -0.3 is 30.2 Å². The topological polar surface area (TPSA) is 149 Å². The van der Waals surface area contributed by atoms with Crippen LogP contribution in [0.2, 0.25) is 0 Å².